The van der Waals surface area contributed by atoms with E-state index in [0.29, 0.717) is 11.6 Å². The molecule has 9 heteroatoms. The Balaban J connectivity index is 1.58. The second-order valence-corrected chi connectivity index (χ2v) is 10.1. The summed E-state index contributed by atoms with van der Waals surface area (Å²) in [5, 5.41) is 4.55. The molecule has 32 heavy (non-hydrogen) atoms. The van der Waals surface area contributed by atoms with Crippen LogP contribution in [0.1, 0.15) is 40.6 Å². The molecule has 3 aromatic rings. The summed E-state index contributed by atoms with van der Waals surface area (Å²) >= 11 is 1.44. The van der Waals surface area contributed by atoms with Gasteiger partial charge in [0, 0.05) is 17.1 Å². The van der Waals surface area contributed by atoms with Crippen molar-refractivity contribution in [1.82, 2.24) is 4.72 Å². The maximum Gasteiger partial charge on any atom is 0.338 e. The Labute approximate surface area is 191 Å². The summed E-state index contributed by atoms with van der Waals surface area (Å²) in [6.45, 7) is 3.77. The molecule has 168 valence electrons. The minimum atomic E-state index is -3.81. The van der Waals surface area contributed by atoms with E-state index in [2.05, 4.69) is 23.9 Å². The maximum absolute atomic E-state index is 12.5. The van der Waals surface area contributed by atoms with Crippen LogP contribution >= 0.6 is 11.3 Å². The van der Waals surface area contributed by atoms with E-state index in [0.717, 1.165) is 10.4 Å². The molecule has 7 nitrogen and oxygen atoms in total. The van der Waals surface area contributed by atoms with Crippen molar-refractivity contribution in [3.63, 3.8) is 0 Å². The molecule has 0 aliphatic heterocycles. The number of amides is 1. The van der Waals surface area contributed by atoms with E-state index < -0.39 is 28.5 Å². The molecule has 0 radical (unpaired) electrons. The Bertz CT molecular complexity index is 1190. The van der Waals surface area contributed by atoms with Crippen molar-refractivity contribution in [1.29, 1.82) is 0 Å². The molecule has 2 aromatic carbocycles. The smallest absolute Gasteiger partial charge is 0.338 e. The largest absolute Gasteiger partial charge is 0.452 e. The summed E-state index contributed by atoms with van der Waals surface area (Å²) in [4.78, 5) is 25.3. The molecule has 1 aromatic heterocycles. The lowest BCUT2D eigenvalue weighted by molar-refractivity contribution is -0.119. The van der Waals surface area contributed by atoms with E-state index in [4.69, 9.17) is 4.74 Å². The number of sulfonamides is 1. The van der Waals surface area contributed by atoms with Gasteiger partial charge >= 0.3 is 5.97 Å². The number of carbonyl (C=O) groups is 2. The van der Waals surface area contributed by atoms with Crippen molar-refractivity contribution >= 4 is 38.9 Å². The molecule has 0 aliphatic carbocycles. The molecule has 0 aliphatic rings. The molecule has 0 spiro atoms. The van der Waals surface area contributed by atoms with Gasteiger partial charge in [-0.05, 0) is 53.3 Å². The van der Waals surface area contributed by atoms with E-state index in [1.807, 2.05) is 35.7 Å². The summed E-state index contributed by atoms with van der Waals surface area (Å²) in [7, 11) is -3.81. The van der Waals surface area contributed by atoms with Crippen LogP contribution in [0.3, 0.4) is 0 Å². The van der Waals surface area contributed by atoms with E-state index in [1.165, 1.54) is 35.6 Å². The quantitative estimate of drug-likeness (QED) is 0.456. The summed E-state index contributed by atoms with van der Waals surface area (Å²) in [6, 6.07) is 16.6. The topological polar surface area (TPSA) is 102 Å². The number of nitrogens with one attached hydrogen (secondary N) is 2. The second-order valence-electron chi connectivity index (χ2n) is 7.34. The normalized spacial score (nSPS) is 11.3. The monoisotopic (exact) mass is 472 g/mol. The van der Waals surface area contributed by atoms with E-state index in [9.17, 15) is 18.0 Å². The minimum absolute atomic E-state index is 0.0404. The van der Waals surface area contributed by atoms with Gasteiger partial charge in [0.25, 0.3) is 5.91 Å². The average molecular weight is 473 g/mol. The summed E-state index contributed by atoms with van der Waals surface area (Å²) in [5.74, 6) is -0.958. The third-order valence-corrected chi connectivity index (χ3v) is 6.84. The van der Waals surface area contributed by atoms with Crippen LogP contribution in [0.15, 0.2) is 70.9 Å². The van der Waals surface area contributed by atoms with Gasteiger partial charge in [-0.15, -0.1) is 11.3 Å². The van der Waals surface area contributed by atoms with Crippen LogP contribution in [0.25, 0.3) is 0 Å². The molecule has 0 saturated carbocycles. The predicted molar refractivity (Wildman–Crippen MR) is 124 cm³/mol. The van der Waals surface area contributed by atoms with Crippen LogP contribution in [0.2, 0.25) is 0 Å². The lowest BCUT2D eigenvalue weighted by Crippen LogP contribution is -2.23. The minimum Gasteiger partial charge on any atom is -0.452 e. The van der Waals surface area contributed by atoms with Crippen LogP contribution < -0.4 is 10.0 Å². The number of anilines is 1. The van der Waals surface area contributed by atoms with Gasteiger partial charge in [-0.2, -0.15) is 0 Å². The SMILES string of the molecule is CC(C)c1cccc(NC(=O)COC(=O)c2cccc(S(=O)(=O)NCc3cccs3)c2)c1. The van der Waals surface area contributed by atoms with Crippen LogP contribution in [-0.2, 0) is 26.1 Å². The highest BCUT2D eigenvalue weighted by molar-refractivity contribution is 7.89. The fraction of sp³-hybridized carbons (Fsp3) is 0.217. The van der Waals surface area contributed by atoms with Gasteiger partial charge in [0.1, 0.15) is 0 Å². The number of benzene rings is 2. The third-order valence-electron chi connectivity index (χ3n) is 4.57. The van der Waals surface area contributed by atoms with Gasteiger partial charge in [-0.3, -0.25) is 4.79 Å². The summed E-state index contributed by atoms with van der Waals surface area (Å²) < 4.78 is 32.6. The molecule has 1 amide bonds. The zero-order valence-corrected chi connectivity index (χ0v) is 19.3. The molecule has 0 atom stereocenters. The van der Waals surface area contributed by atoms with Gasteiger partial charge in [0.2, 0.25) is 10.0 Å². The zero-order chi connectivity index (χ0) is 23.1. The first-order valence-corrected chi connectivity index (χ1v) is 12.3. The van der Waals surface area contributed by atoms with Crippen molar-refractivity contribution in [3.8, 4) is 0 Å². The maximum atomic E-state index is 12.5. The molecule has 0 saturated heterocycles. The predicted octanol–water partition coefficient (Wildman–Crippen LogP) is 4.15. The number of esters is 1. The molecule has 0 bridgehead atoms. The lowest BCUT2D eigenvalue weighted by Gasteiger charge is -2.10. The Morgan fingerprint density at radius 1 is 1.03 bits per heavy atom. The fourth-order valence-corrected chi connectivity index (χ4v) is 4.63. The van der Waals surface area contributed by atoms with Crippen molar-refractivity contribution in [2.24, 2.45) is 0 Å². The second kappa shape index (κ2) is 10.5. The van der Waals surface area contributed by atoms with E-state index in [-0.39, 0.29) is 17.0 Å². The van der Waals surface area contributed by atoms with Gasteiger partial charge in [-0.25, -0.2) is 17.9 Å². The fourth-order valence-electron chi connectivity index (χ4n) is 2.84. The van der Waals surface area contributed by atoms with Crippen molar-refractivity contribution in [2.75, 3.05) is 11.9 Å². The number of thiophene rings is 1. The molecular formula is C23H24N2O5S2. The number of ether oxygens (including phenoxy) is 1. The number of rotatable bonds is 9. The van der Waals surface area contributed by atoms with Gasteiger partial charge < -0.3 is 10.1 Å². The van der Waals surface area contributed by atoms with Crippen LogP contribution in [0.5, 0.6) is 0 Å². The van der Waals surface area contributed by atoms with E-state index >= 15 is 0 Å². The molecule has 2 N–H and O–H groups in total. The van der Waals surface area contributed by atoms with E-state index in [1.54, 1.807) is 6.07 Å². The number of hydrogen-bond donors (Lipinski definition) is 2. The van der Waals surface area contributed by atoms with Gasteiger partial charge in [0.15, 0.2) is 6.61 Å². The summed E-state index contributed by atoms with van der Waals surface area (Å²) in [6.07, 6.45) is 0. The van der Waals surface area contributed by atoms with Crippen LogP contribution in [0, 0.1) is 0 Å². The Morgan fingerprint density at radius 2 is 1.81 bits per heavy atom. The van der Waals surface area contributed by atoms with Crippen molar-refractivity contribution < 1.29 is 22.7 Å². The Hall–Kier alpha value is -3.01. The van der Waals surface area contributed by atoms with Crippen molar-refractivity contribution in [2.45, 2.75) is 31.2 Å². The zero-order valence-electron chi connectivity index (χ0n) is 17.7. The highest BCUT2D eigenvalue weighted by Crippen LogP contribution is 2.19. The highest BCUT2D eigenvalue weighted by atomic mass is 32.2. The van der Waals surface area contributed by atoms with Crippen LogP contribution in [-0.4, -0.2) is 26.9 Å². The summed E-state index contributed by atoms with van der Waals surface area (Å²) in [5.41, 5.74) is 1.73. The Kier molecular flexibility index (Phi) is 7.79. The third kappa shape index (κ3) is 6.49. The lowest BCUT2D eigenvalue weighted by atomic mass is 10.0. The molecule has 0 unspecified atom stereocenters. The Morgan fingerprint density at radius 3 is 2.53 bits per heavy atom. The number of hydrogen-bond acceptors (Lipinski definition) is 6. The van der Waals surface area contributed by atoms with Gasteiger partial charge in [0.05, 0.1) is 10.5 Å². The molecule has 3 rings (SSSR count). The average Bonchev–Trinajstić information content (AvgIpc) is 3.30. The van der Waals surface area contributed by atoms with Gasteiger partial charge in [-0.1, -0.05) is 38.1 Å². The van der Waals surface area contributed by atoms with Crippen molar-refractivity contribution in [3.05, 3.63) is 82.0 Å². The first kappa shape index (κ1) is 23.6. The number of carbonyl (C=O) groups excluding carboxylic acids is 2. The molecule has 0 fully saturated rings. The molecule has 1 heterocycles. The van der Waals surface area contributed by atoms with Crippen LogP contribution in [0.4, 0.5) is 5.69 Å². The standard InChI is InChI=1S/C23H24N2O5S2/c1-16(2)17-6-3-8-19(12-17)25-22(26)15-30-23(27)18-7-4-10-21(13-18)32(28,29)24-14-20-9-5-11-31-20/h3-13,16,24H,14-15H2,1-2H3,(H,25,26). The first-order chi connectivity index (χ1) is 15.2. The highest BCUT2D eigenvalue weighted by Gasteiger charge is 2.18. The first-order valence-electron chi connectivity index (χ1n) is 9.93. The molecular weight excluding hydrogens is 448 g/mol.